The molecule has 1 fully saturated rings. The van der Waals surface area contributed by atoms with E-state index in [0.717, 1.165) is 19.3 Å². The van der Waals surface area contributed by atoms with Gasteiger partial charge in [-0.25, -0.2) is 13.2 Å². The average molecular weight is 367 g/mol. The van der Waals surface area contributed by atoms with Crippen molar-refractivity contribution in [2.45, 2.75) is 57.0 Å². The van der Waals surface area contributed by atoms with Gasteiger partial charge < -0.3 is 9.64 Å². The topological polar surface area (TPSA) is 80.7 Å². The minimum atomic E-state index is -3.55. The maximum Gasteiger partial charge on any atom is 0.339 e. The van der Waals surface area contributed by atoms with Crippen LogP contribution in [0.15, 0.2) is 29.2 Å². The predicted octanol–water partition coefficient (Wildman–Crippen LogP) is 2.43. The summed E-state index contributed by atoms with van der Waals surface area (Å²) in [5.41, 5.74) is -0.0307. The van der Waals surface area contributed by atoms with Crippen LogP contribution in [0.3, 0.4) is 0 Å². The molecule has 1 heterocycles. The molecule has 1 aliphatic heterocycles. The average Bonchev–Trinajstić information content (AvgIpc) is 2.59. The van der Waals surface area contributed by atoms with Crippen molar-refractivity contribution < 1.29 is 22.7 Å². The Labute approximate surface area is 149 Å². The molecule has 0 spiro atoms. The number of hydrogen-bond acceptors (Lipinski definition) is 5. The molecular formula is C18H25NO5S. The van der Waals surface area contributed by atoms with Crippen molar-refractivity contribution in [3.05, 3.63) is 29.8 Å². The van der Waals surface area contributed by atoms with Gasteiger partial charge in [-0.15, -0.1) is 0 Å². The van der Waals surface area contributed by atoms with Gasteiger partial charge in [0, 0.05) is 12.1 Å². The van der Waals surface area contributed by atoms with E-state index in [9.17, 15) is 18.0 Å². The van der Waals surface area contributed by atoms with E-state index in [2.05, 4.69) is 0 Å². The number of ether oxygens (including phenoxy) is 1. The first kappa shape index (κ1) is 19.4. The van der Waals surface area contributed by atoms with Gasteiger partial charge in [0.05, 0.1) is 16.2 Å². The quantitative estimate of drug-likeness (QED) is 0.747. The minimum absolute atomic E-state index is 0.0307. The van der Waals surface area contributed by atoms with Crippen molar-refractivity contribution in [3.8, 4) is 0 Å². The Morgan fingerprint density at radius 1 is 1.16 bits per heavy atom. The first-order chi connectivity index (χ1) is 11.8. The number of hydrogen-bond donors (Lipinski definition) is 0. The van der Waals surface area contributed by atoms with Crippen molar-refractivity contribution >= 4 is 21.7 Å². The largest absolute Gasteiger partial charge is 0.452 e. The molecule has 138 valence electrons. The number of likely N-dealkylation sites (tertiary alicyclic amines) is 1. The molecule has 7 heteroatoms. The van der Waals surface area contributed by atoms with E-state index in [1.807, 2.05) is 13.8 Å². The molecule has 2 rings (SSSR count). The summed E-state index contributed by atoms with van der Waals surface area (Å²) in [5.74, 6) is -1.15. The molecule has 1 aromatic rings. The van der Waals surface area contributed by atoms with Crippen LogP contribution in [0.25, 0.3) is 0 Å². The summed E-state index contributed by atoms with van der Waals surface area (Å²) in [5, 5.41) is 0. The van der Waals surface area contributed by atoms with Crippen molar-refractivity contribution in [1.82, 2.24) is 4.90 Å². The summed E-state index contributed by atoms with van der Waals surface area (Å²) in [6.45, 7) is 5.10. The molecule has 1 aliphatic rings. The summed E-state index contributed by atoms with van der Waals surface area (Å²) in [4.78, 5) is 26.4. The Morgan fingerprint density at radius 2 is 1.76 bits per heavy atom. The first-order valence-corrected chi connectivity index (χ1v) is 10.2. The van der Waals surface area contributed by atoms with Gasteiger partial charge in [0.15, 0.2) is 16.4 Å². The van der Waals surface area contributed by atoms with Crippen LogP contribution in [0.4, 0.5) is 0 Å². The Morgan fingerprint density at radius 3 is 2.36 bits per heavy atom. The molecule has 2 atom stereocenters. The lowest BCUT2D eigenvalue weighted by Gasteiger charge is -2.38. The molecule has 0 saturated carbocycles. The molecule has 0 bridgehead atoms. The maximum atomic E-state index is 12.4. The molecule has 0 aromatic heterocycles. The second-order valence-electron chi connectivity index (χ2n) is 6.41. The monoisotopic (exact) mass is 367 g/mol. The summed E-state index contributed by atoms with van der Waals surface area (Å²) in [7, 11) is -3.55. The Kier molecular flexibility index (Phi) is 6.21. The van der Waals surface area contributed by atoms with Crippen LogP contribution in [0.1, 0.15) is 50.4 Å². The van der Waals surface area contributed by atoms with Gasteiger partial charge in [0.25, 0.3) is 5.91 Å². The number of benzene rings is 1. The number of esters is 1. The molecule has 25 heavy (non-hydrogen) atoms. The van der Waals surface area contributed by atoms with Gasteiger partial charge in [-0.3, -0.25) is 4.79 Å². The molecule has 0 aliphatic carbocycles. The van der Waals surface area contributed by atoms with Crippen LogP contribution >= 0.6 is 0 Å². The Bertz CT molecular complexity index is 734. The number of piperidine rings is 1. The van der Waals surface area contributed by atoms with E-state index in [-0.39, 0.29) is 40.8 Å². The summed E-state index contributed by atoms with van der Waals surface area (Å²) >= 11 is 0. The van der Waals surface area contributed by atoms with E-state index in [1.165, 1.54) is 19.1 Å². The standard InChI is InChI=1S/C18H25NO5S/c1-4-25(22,23)16-11-6-5-10-15(16)18(21)24-12-17(20)19-13(2)8-7-9-14(19)3/h5-6,10-11,13-14H,4,7-9,12H2,1-3H3. The first-order valence-electron chi connectivity index (χ1n) is 8.58. The highest BCUT2D eigenvalue weighted by Crippen LogP contribution is 2.23. The summed E-state index contributed by atoms with van der Waals surface area (Å²) in [6.07, 6.45) is 2.94. The van der Waals surface area contributed by atoms with Crippen LogP contribution in [0, 0.1) is 0 Å². The van der Waals surface area contributed by atoms with E-state index >= 15 is 0 Å². The van der Waals surface area contributed by atoms with Crippen molar-refractivity contribution in [2.75, 3.05) is 12.4 Å². The number of carbonyl (C=O) groups is 2. The third kappa shape index (κ3) is 4.39. The number of sulfone groups is 1. The minimum Gasteiger partial charge on any atom is -0.452 e. The van der Waals surface area contributed by atoms with Crippen molar-refractivity contribution in [2.24, 2.45) is 0 Å². The van der Waals surface area contributed by atoms with Gasteiger partial charge in [-0.1, -0.05) is 19.1 Å². The third-order valence-electron chi connectivity index (χ3n) is 4.63. The molecule has 6 nitrogen and oxygen atoms in total. The fraction of sp³-hybridized carbons (Fsp3) is 0.556. The fourth-order valence-electron chi connectivity index (χ4n) is 3.25. The molecular weight excluding hydrogens is 342 g/mol. The normalized spacial score (nSPS) is 21.0. The van der Waals surface area contributed by atoms with E-state index < -0.39 is 15.8 Å². The van der Waals surface area contributed by atoms with Gasteiger partial charge in [0.2, 0.25) is 0 Å². The zero-order valence-electron chi connectivity index (χ0n) is 14.9. The van der Waals surface area contributed by atoms with Gasteiger partial charge in [-0.05, 0) is 45.2 Å². The van der Waals surface area contributed by atoms with Gasteiger partial charge in [-0.2, -0.15) is 0 Å². The number of nitrogens with zero attached hydrogens (tertiary/aromatic N) is 1. The van der Waals surface area contributed by atoms with Crippen molar-refractivity contribution in [1.29, 1.82) is 0 Å². The fourth-order valence-corrected chi connectivity index (χ4v) is 4.34. The SMILES string of the molecule is CCS(=O)(=O)c1ccccc1C(=O)OCC(=O)N1C(C)CCCC1C. The van der Waals surface area contributed by atoms with Crippen molar-refractivity contribution in [3.63, 3.8) is 0 Å². The van der Waals surface area contributed by atoms with E-state index in [4.69, 9.17) is 4.74 Å². The molecule has 1 saturated heterocycles. The van der Waals surface area contributed by atoms with Crippen LogP contribution in [0.2, 0.25) is 0 Å². The molecule has 0 N–H and O–H groups in total. The Hall–Kier alpha value is -1.89. The number of amides is 1. The molecule has 1 aromatic carbocycles. The Balaban J connectivity index is 2.10. The lowest BCUT2D eigenvalue weighted by atomic mass is 9.97. The highest BCUT2D eigenvalue weighted by molar-refractivity contribution is 7.91. The number of carbonyl (C=O) groups excluding carboxylic acids is 2. The van der Waals surface area contributed by atoms with Crippen LogP contribution in [0.5, 0.6) is 0 Å². The zero-order valence-corrected chi connectivity index (χ0v) is 15.7. The predicted molar refractivity (Wildman–Crippen MR) is 94.1 cm³/mol. The zero-order chi connectivity index (χ0) is 18.6. The third-order valence-corrected chi connectivity index (χ3v) is 6.42. The number of rotatable bonds is 5. The molecule has 0 radical (unpaired) electrons. The smallest absolute Gasteiger partial charge is 0.339 e. The maximum absolute atomic E-state index is 12.4. The van der Waals surface area contributed by atoms with Gasteiger partial charge in [0.1, 0.15) is 0 Å². The van der Waals surface area contributed by atoms with E-state index in [1.54, 1.807) is 17.0 Å². The summed E-state index contributed by atoms with van der Waals surface area (Å²) in [6, 6.07) is 6.14. The van der Waals surface area contributed by atoms with Crippen LogP contribution in [-0.2, 0) is 19.4 Å². The lowest BCUT2D eigenvalue weighted by Crippen LogP contribution is -2.49. The van der Waals surface area contributed by atoms with Gasteiger partial charge >= 0.3 is 5.97 Å². The second-order valence-corrected chi connectivity index (χ2v) is 8.65. The molecule has 1 amide bonds. The van der Waals surface area contributed by atoms with Crippen LogP contribution in [-0.4, -0.2) is 49.6 Å². The summed E-state index contributed by atoms with van der Waals surface area (Å²) < 4.78 is 29.4. The lowest BCUT2D eigenvalue weighted by molar-refractivity contribution is -0.140. The highest BCUT2D eigenvalue weighted by Gasteiger charge is 2.30. The van der Waals surface area contributed by atoms with Crippen LogP contribution < -0.4 is 0 Å². The van der Waals surface area contributed by atoms with E-state index in [0.29, 0.717) is 0 Å². The highest BCUT2D eigenvalue weighted by atomic mass is 32.2. The second kappa shape index (κ2) is 7.99. The molecule has 2 unspecified atom stereocenters.